The Kier molecular flexibility index (Phi) is 8.04. The molecule has 0 aliphatic heterocycles. The van der Waals surface area contributed by atoms with Gasteiger partial charge in [-0.15, -0.1) is 0 Å². The Labute approximate surface area is 173 Å². The van der Waals surface area contributed by atoms with Crippen LogP contribution in [0.3, 0.4) is 0 Å². The van der Waals surface area contributed by atoms with Gasteiger partial charge in [0.15, 0.2) is 11.7 Å². The SMILES string of the molecule is CCN(CC)CCON/C=C/Cc1nc(-c2ccccc2)c(-c2ccccc2)o1. The summed E-state index contributed by atoms with van der Waals surface area (Å²) in [5.74, 6) is 1.47. The summed E-state index contributed by atoms with van der Waals surface area (Å²) >= 11 is 0. The van der Waals surface area contributed by atoms with Crippen LogP contribution in [0.15, 0.2) is 77.4 Å². The van der Waals surface area contributed by atoms with Gasteiger partial charge in [0.1, 0.15) is 5.69 Å². The summed E-state index contributed by atoms with van der Waals surface area (Å²) in [5, 5.41) is 0. The van der Waals surface area contributed by atoms with Gasteiger partial charge >= 0.3 is 0 Å². The first-order valence-corrected chi connectivity index (χ1v) is 10.2. The van der Waals surface area contributed by atoms with Crippen LogP contribution in [0.4, 0.5) is 0 Å². The standard InChI is InChI=1S/C24H29N3O2/c1-3-27(4-2)18-19-28-25-17-11-16-22-26-23(20-12-7-5-8-13-20)24(29-22)21-14-9-6-10-15-21/h5-15,17,25H,3-4,16,18-19H2,1-2H3/b17-11+. The van der Waals surface area contributed by atoms with E-state index in [4.69, 9.17) is 14.2 Å². The molecule has 0 radical (unpaired) electrons. The minimum atomic E-state index is 0.582. The zero-order chi connectivity index (χ0) is 20.3. The molecule has 3 aromatic rings. The lowest BCUT2D eigenvalue weighted by atomic mass is 10.1. The number of benzene rings is 2. The Morgan fingerprint density at radius 3 is 2.28 bits per heavy atom. The van der Waals surface area contributed by atoms with Gasteiger partial charge in [-0.2, -0.15) is 0 Å². The molecule has 5 heteroatoms. The summed E-state index contributed by atoms with van der Waals surface area (Å²) in [5.41, 5.74) is 5.80. The average molecular weight is 392 g/mol. The molecule has 1 aromatic heterocycles. The fraction of sp³-hybridized carbons (Fsp3) is 0.292. The van der Waals surface area contributed by atoms with Gasteiger partial charge in [0.05, 0.1) is 6.61 Å². The van der Waals surface area contributed by atoms with E-state index in [1.54, 1.807) is 6.20 Å². The fourth-order valence-corrected chi connectivity index (χ4v) is 3.06. The van der Waals surface area contributed by atoms with Crippen LogP contribution in [0.5, 0.6) is 0 Å². The molecule has 0 saturated heterocycles. The molecule has 0 aliphatic rings. The largest absolute Gasteiger partial charge is 0.440 e. The second-order valence-corrected chi connectivity index (χ2v) is 6.62. The number of nitrogens with one attached hydrogen (secondary N) is 1. The minimum Gasteiger partial charge on any atom is -0.440 e. The van der Waals surface area contributed by atoms with Crippen LogP contribution in [-0.4, -0.2) is 36.1 Å². The fourth-order valence-electron chi connectivity index (χ4n) is 3.06. The molecule has 0 bridgehead atoms. The van der Waals surface area contributed by atoms with E-state index in [9.17, 15) is 0 Å². The van der Waals surface area contributed by atoms with Gasteiger partial charge < -0.3 is 9.32 Å². The highest BCUT2D eigenvalue weighted by atomic mass is 16.6. The van der Waals surface area contributed by atoms with Crippen LogP contribution in [0.1, 0.15) is 19.7 Å². The molecule has 5 nitrogen and oxygen atoms in total. The minimum absolute atomic E-state index is 0.582. The lowest BCUT2D eigenvalue weighted by Gasteiger charge is -2.17. The Hall–Kier alpha value is -2.89. The van der Waals surface area contributed by atoms with E-state index >= 15 is 0 Å². The van der Waals surface area contributed by atoms with E-state index in [1.807, 2.05) is 54.6 Å². The molecule has 0 saturated carbocycles. The molecule has 0 spiro atoms. The smallest absolute Gasteiger partial charge is 0.199 e. The van der Waals surface area contributed by atoms with Crippen molar-refractivity contribution in [1.82, 2.24) is 15.4 Å². The third-order valence-corrected chi connectivity index (χ3v) is 4.72. The topological polar surface area (TPSA) is 50.5 Å². The van der Waals surface area contributed by atoms with Crippen LogP contribution >= 0.6 is 0 Å². The van der Waals surface area contributed by atoms with Gasteiger partial charge in [-0.3, -0.25) is 10.3 Å². The molecule has 152 valence electrons. The number of oxazole rings is 1. The maximum atomic E-state index is 6.11. The molecule has 2 aromatic carbocycles. The number of hydrogen-bond donors (Lipinski definition) is 1. The number of aromatic nitrogens is 1. The van der Waals surface area contributed by atoms with Crippen molar-refractivity contribution in [3.8, 4) is 22.6 Å². The Balaban J connectivity index is 1.62. The second kappa shape index (κ2) is 11.2. The first kappa shape index (κ1) is 20.8. The van der Waals surface area contributed by atoms with Gasteiger partial charge in [0.25, 0.3) is 0 Å². The summed E-state index contributed by atoms with van der Waals surface area (Å²) in [4.78, 5) is 12.5. The molecule has 0 aliphatic carbocycles. The number of allylic oxidation sites excluding steroid dienone is 1. The summed E-state index contributed by atoms with van der Waals surface area (Å²) < 4.78 is 6.11. The second-order valence-electron chi connectivity index (χ2n) is 6.62. The van der Waals surface area contributed by atoms with Crippen LogP contribution < -0.4 is 5.48 Å². The molecule has 29 heavy (non-hydrogen) atoms. The summed E-state index contributed by atoms with van der Waals surface area (Å²) in [7, 11) is 0. The van der Waals surface area contributed by atoms with Crippen molar-refractivity contribution >= 4 is 0 Å². The molecule has 3 rings (SSSR count). The van der Waals surface area contributed by atoms with Crippen molar-refractivity contribution in [3.63, 3.8) is 0 Å². The van der Waals surface area contributed by atoms with Gasteiger partial charge in [-0.05, 0) is 13.1 Å². The molecule has 1 heterocycles. The van der Waals surface area contributed by atoms with Crippen molar-refractivity contribution in [2.75, 3.05) is 26.2 Å². The normalized spacial score (nSPS) is 11.4. The molecule has 0 atom stereocenters. The Morgan fingerprint density at radius 1 is 0.966 bits per heavy atom. The van der Waals surface area contributed by atoms with Crippen LogP contribution in [0.2, 0.25) is 0 Å². The number of rotatable bonds is 11. The summed E-state index contributed by atoms with van der Waals surface area (Å²) in [6.07, 6.45) is 4.32. The van der Waals surface area contributed by atoms with Crippen molar-refractivity contribution in [3.05, 3.63) is 78.8 Å². The third-order valence-electron chi connectivity index (χ3n) is 4.72. The predicted molar refractivity (Wildman–Crippen MR) is 117 cm³/mol. The lowest BCUT2D eigenvalue weighted by Crippen LogP contribution is -2.28. The van der Waals surface area contributed by atoms with E-state index in [0.29, 0.717) is 18.9 Å². The maximum absolute atomic E-state index is 6.11. The molecule has 1 N–H and O–H groups in total. The number of likely N-dealkylation sites (N-methyl/N-ethyl adjacent to an activating group) is 1. The summed E-state index contributed by atoms with van der Waals surface area (Å²) in [6, 6.07) is 20.2. The van der Waals surface area contributed by atoms with Crippen LogP contribution in [0.25, 0.3) is 22.6 Å². The quantitative estimate of drug-likeness (QED) is 0.371. The number of hydroxylamine groups is 1. The van der Waals surface area contributed by atoms with Crippen molar-refractivity contribution in [2.24, 2.45) is 0 Å². The Bertz CT molecular complexity index is 815. The predicted octanol–water partition coefficient (Wildman–Crippen LogP) is 4.93. The highest BCUT2D eigenvalue weighted by molar-refractivity contribution is 5.76. The van der Waals surface area contributed by atoms with E-state index in [2.05, 4.69) is 36.4 Å². The van der Waals surface area contributed by atoms with Crippen molar-refractivity contribution in [2.45, 2.75) is 20.3 Å². The molecular weight excluding hydrogens is 362 g/mol. The first-order chi connectivity index (χ1) is 14.3. The first-order valence-electron chi connectivity index (χ1n) is 10.2. The molecule has 0 fully saturated rings. The van der Waals surface area contributed by atoms with Crippen LogP contribution in [0, 0.1) is 0 Å². The number of nitrogens with zero attached hydrogens (tertiary/aromatic N) is 2. The maximum Gasteiger partial charge on any atom is 0.199 e. The summed E-state index contributed by atoms with van der Waals surface area (Å²) in [6.45, 7) is 7.93. The van der Waals surface area contributed by atoms with Crippen molar-refractivity contribution < 1.29 is 9.25 Å². The third kappa shape index (κ3) is 6.04. The van der Waals surface area contributed by atoms with Gasteiger partial charge in [0.2, 0.25) is 0 Å². The van der Waals surface area contributed by atoms with E-state index in [0.717, 1.165) is 42.2 Å². The lowest BCUT2D eigenvalue weighted by molar-refractivity contribution is 0.0536. The monoisotopic (exact) mass is 391 g/mol. The highest BCUT2D eigenvalue weighted by Gasteiger charge is 2.15. The van der Waals surface area contributed by atoms with E-state index in [-0.39, 0.29) is 0 Å². The number of hydrogen-bond acceptors (Lipinski definition) is 5. The van der Waals surface area contributed by atoms with Crippen LogP contribution in [-0.2, 0) is 11.3 Å². The van der Waals surface area contributed by atoms with Gasteiger partial charge in [0, 0.05) is 30.3 Å². The zero-order valence-corrected chi connectivity index (χ0v) is 17.2. The molecule has 0 unspecified atom stereocenters. The zero-order valence-electron chi connectivity index (χ0n) is 17.2. The van der Waals surface area contributed by atoms with Crippen molar-refractivity contribution in [1.29, 1.82) is 0 Å². The Morgan fingerprint density at radius 2 is 1.62 bits per heavy atom. The van der Waals surface area contributed by atoms with Gasteiger partial charge in [-0.25, -0.2) is 4.98 Å². The van der Waals surface area contributed by atoms with E-state index in [1.165, 1.54) is 0 Å². The van der Waals surface area contributed by atoms with Gasteiger partial charge in [-0.1, -0.05) is 80.6 Å². The molecule has 0 amide bonds. The highest BCUT2D eigenvalue weighted by Crippen LogP contribution is 2.32. The average Bonchev–Trinajstić information content (AvgIpc) is 3.21. The van der Waals surface area contributed by atoms with E-state index < -0.39 is 0 Å². The molecular formula is C24H29N3O2.